The van der Waals surface area contributed by atoms with Gasteiger partial charge in [-0.3, -0.25) is 0 Å². The zero-order valence-corrected chi connectivity index (χ0v) is 23.7. The van der Waals surface area contributed by atoms with Gasteiger partial charge in [0, 0.05) is 0 Å². The van der Waals surface area contributed by atoms with Gasteiger partial charge in [0.15, 0.2) is 0 Å². The molecule has 5 heteroatoms. The second kappa shape index (κ2) is 15.1. The van der Waals surface area contributed by atoms with Gasteiger partial charge < -0.3 is 0 Å². The molecule has 23 heavy (non-hydrogen) atoms. The number of rotatable bonds is 16. The average molecular weight is 607 g/mol. The van der Waals surface area contributed by atoms with E-state index in [9.17, 15) is 0 Å². The Morgan fingerprint density at radius 1 is 0.652 bits per heavy atom. The molecule has 0 heterocycles. The van der Waals surface area contributed by atoms with Gasteiger partial charge in [-0.15, -0.1) is 0 Å². The Morgan fingerprint density at radius 2 is 1.04 bits per heavy atom. The van der Waals surface area contributed by atoms with Crippen LogP contribution in [0.2, 0.25) is 17.7 Å². The van der Waals surface area contributed by atoms with Gasteiger partial charge in [0.25, 0.3) is 0 Å². The van der Waals surface area contributed by atoms with Crippen LogP contribution in [0.25, 0.3) is 0 Å². The molecule has 0 aromatic carbocycles. The SMILES string of the molecule is CCC[CH2][Sn]([Br])([CH2]CCC)[O][Sn]([CH2]CCC)([CH2]CCC)[O]CC. The molecule has 0 fully saturated rings. The molecule has 0 aliphatic rings. The van der Waals surface area contributed by atoms with Crippen LogP contribution in [0.1, 0.15) is 86.0 Å². The van der Waals surface area contributed by atoms with Crippen LogP contribution in [0.3, 0.4) is 0 Å². The first-order valence-corrected chi connectivity index (χ1v) is 28.0. The second-order valence-corrected chi connectivity index (χ2v) is 37.7. The summed E-state index contributed by atoms with van der Waals surface area (Å²) in [6.45, 7) is 12.2. The van der Waals surface area contributed by atoms with Gasteiger partial charge in [0.05, 0.1) is 0 Å². The summed E-state index contributed by atoms with van der Waals surface area (Å²) in [6.07, 6.45) is 10.3. The Hall–Kier alpha value is 2.00. The Bertz CT molecular complexity index is 262. The third-order valence-corrected chi connectivity index (χ3v) is 48.2. The van der Waals surface area contributed by atoms with E-state index in [1.165, 1.54) is 69.1 Å². The van der Waals surface area contributed by atoms with Crippen molar-refractivity contribution >= 4 is 48.5 Å². The average Bonchev–Trinajstić information content (AvgIpc) is 2.55. The van der Waals surface area contributed by atoms with Crippen molar-refractivity contribution in [3.63, 3.8) is 0 Å². The van der Waals surface area contributed by atoms with Crippen molar-refractivity contribution in [3.05, 3.63) is 0 Å². The fraction of sp³-hybridized carbons (Fsp3) is 1.00. The minimum absolute atomic E-state index is 0.847. The molecule has 0 saturated carbocycles. The normalized spacial score (nSPS) is 12.8. The molecule has 0 spiro atoms. The van der Waals surface area contributed by atoms with Gasteiger partial charge >= 0.3 is 163 Å². The van der Waals surface area contributed by atoms with Crippen molar-refractivity contribution in [3.8, 4) is 0 Å². The molecule has 0 rings (SSSR count). The molecule has 0 aromatic heterocycles. The van der Waals surface area contributed by atoms with E-state index in [-0.39, 0.29) is 0 Å². The fourth-order valence-electron chi connectivity index (χ4n) is 3.00. The molecule has 2 nitrogen and oxygen atoms in total. The molecular weight excluding hydrogens is 566 g/mol. The standard InChI is InChI=1S/4C4H9.C2H5O.BrH.O.2Sn/c4*1-3-4-2;1-2-3;;;;/h4*1,3-4H2,2H3;2H2,1H3;1H;;;/q;;;;-1;;;2*+1/p-1. The third kappa shape index (κ3) is 11.3. The first-order chi connectivity index (χ1) is 11.0. The van der Waals surface area contributed by atoms with Crippen LogP contribution in [0, 0.1) is 0 Å². The van der Waals surface area contributed by atoms with Crippen LogP contribution < -0.4 is 0 Å². The molecule has 140 valence electrons. The van der Waals surface area contributed by atoms with E-state index in [0.29, 0.717) is 0 Å². The van der Waals surface area contributed by atoms with E-state index in [2.05, 4.69) is 47.3 Å². The van der Waals surface area contributed by atoms with Gasteiger partial charge in [-0.2, -0.15) is 0 Å². The maximum atomic E-state index is 7.19. The zero-order valence-electron chi connectivity index (χ0n) is 16.4. The van der Waals surface area contributed by atoms with Gasteiger partial charge in [-0.05, 0) is 0 Å². The Kier molecular flexibility index (Phi) is 16.4. The Labute approximate surface area is 162 Å². The number of hydrogen-bond donors (Lipinski definition) is 0. The van der Waals surface area contributed by atoms with E-state index in [1.807, 2.05) is 0 Å². The predicted octanol–water partition coefficient (Wildman–Crippen LogP) is 7.52. The molecule has 0 aliphatic heterocycles. The molecule has 0 atom stereocenters. The minimum atomic E-state index is -2.90. The van der Waals surface area contributed by atoms with Crippen molar-refractivity contribution in [1.82, 2.24) is 0 Å². The van der Waals surface area contributed by atoms with E-state index < -0.39 is 35.8 Å². The van der Waals surface area contributed by atoms with Crippen molar-refractivity contribution in [2.45, 2.75) is 104 Å². The van der Waals surface area contributed by atoms with Gasteiger partial charge in [-0.25, -0.2) is 0 Å². The quantitative estimate of drug-likeness (QED) is 0.169. The first kappa shape index (κ1) is 25.0. The molecule has 0 aliphatic carbocycles. The summed E-state index contributed by atoms with van der Waals surface area (Å²) < 4.78 is 18.9. The monoisotopic (exact) mass is 608 g/mol. The van der Waals surface area contributed by atoms with Crippen LogP contribution in [-0.2, 0) is 4.49 Å². The number of halogens is 1. The Balaban J connectivity index is 5.17. The van der Waals surface area contributed by atoms with E-state index in [0.717, 1.165) is 6.61 Å². The van der Waals surface area contributed by atoms with E-state index in [4.69, 9.17) is 4.49 Å². The van der Waals surface area contributed by atoms with Gasteiger partial charge in [0.2, 0.25) is 0 Å². The molecule has 0 unspecified atom stereocenters. The van der Waals surface area contributed by atoms with Crippen LogP contribution >= 0.6 is 12.7 Å². The van der Waals surface area contributed by atoms with Crippen molar-refractivity contribution in [2.75, 3.05) is 6.61 Å². The number of unbranched alkanes of at least 4 members (excludes halogenated alkanes) is 4. The van der Waals surface area contributed by atoms with E-state index in [1.54, 1.807) is 0 Å². The summed E-state index contributed by atoms with van der Waals surface area (Å²) in [5.74, 6) is 0. The topological polar surface area (TPSA) is 18.5 Å². The summed E-state index contributed by atoms with van der Waals surface area (Å²) in [5.41, 5.74) is 0. The zero-order chi connectivity index (χ0) is 17.6. The van der Waals surface area contributed by atoms with Gasteiger partial charge in [-0.1, -0.05) is 0 Å². The molecular formula is C18H41BrO2Sn2. The molecule has 0 saturated heterocycles. The molecule has 0 aromatic rings. The maximum absolute atomic E-state index is 7.19. The summed E-state index contributed by atoms with van der Waals surface area (Å²) in [6, 6.07) is 0. The van der Waals surface area contributed by atoms with Crippen LogP contribution in [0.15, 0.2) is 0 Å². The predicted molar refractivity (Wildman–Crippen MR) is 112 cm³/mol. The molecule has 0 bridgehead atoms. The van der Waals surface area contributed by atoms with Crippen molar-refractivity contribution in [1.29, 1.82) is 0 Å². The van der Waals surface area contributed by atoms with Gasteiger partial charge in [0.1, 0.15) is 0 Å². The number of hydrogen-bond acceptors (Lipinski definition) is 2. The van der Waals surface area contributed by atoms with Crippen LogP contribution in [0.5, 0.6) is 0 Å². The molecule has 0 radical (unpaired) electrons. The summed E-state index contributed by atoms with van der Waals surface area (Å²) in [4.78, 5) is 0. The Morgan fingerprint density at radius 3 is 1.39 bits per heavy atom. The summed E-state index contributed by atoms with van der Waals surface area (Å²) >= 11 is -1.29. The first-order valence-electron chi connectivity index (χ1n) is 10.0. The van der Waals surface area contributed by atoms with Crippen LogP contribution in [0.4, 0.5) is 0 Å². The summed E-state index contributed by atoms with van der Waals surface area (Å²) in [7, 11) is 0. The third-order valence-electron chi connectivity index (χ3n) is 4.41. The molecule has 0 amide bonds. The van der Waals surface area contributed by atoms with Crippen molar-refractivity contribution in [2.24, 2.45) is 0 Å². The van der Waals surface area contributed by atoms with Crippen LogP contribution in [-0.4, -0.2) is 42.4 Å². The molecule has 0 N–H and O–H groups in total. The fourth-order valence-corrected chi connectivity index (χ4v) is 58.9. The van der Waals surface area contributed by atoms with E-state index >= 15 is 0 Å². The van der Waals surface area contributed by atoms with Crippen molar-refractivity contribution < 1.29 is 4.49 Å². The summed E-state index contributed by atoms with van der Waals surface area (Å²) in [5, 5.41) is 0. The second-order valence-electron chi connectivity index (χ2n) is 6.74.